The molecule has 0 amide bonds. The zero-order valence-electron chi connectivity index (χ0n) is 16.0. The van der Waals surface area contributed by atoms with Crippen LogP contribution in [0.25, 0.3) is 11.1 Å². The minimum atomic E-state index is -0.0136. The first-order chi connectivity index (χ1) is 11.0. The van der Waals surface area contributed by atoms with E-state index < -0.39 is 0 Å². The zero-order valence-corrected chi connectivity index (χ0v) is 16.0. The van der Waals surface area contributed by atoms with Crippen molar-refractivity contribution in [2.45, 2.75) is 59.3 Å². The third-order valence-electron chi connectivity index (χ3n) is 4.19. The summed E-state index contributed by atoms with van der Waals surface area (Å²) in [6.45, 7) is 16.1. The molecule has 2 aromatic carbocycles. The van der Waals surface area contributed by atoms with Crippen LogP contribution in [-0.2, 0) is 10.8 Å². The topological polar surface area (TPSA) is 29.5 Å². The van der Waals surface area contributed by atoms with E-state index in [9.17, 15) is 5.11 Å². The summed E-state index contributed by atoms with van der Waals surface area (Å²) in [5.74, 6) is 1.22. The van der Waals surface area contributed by atoms with Gasteiger partial charge in [-0.1, -0.05) is 53.7 Å². The molecule has 0 aliphatic carbocycles. The van der Waals surface area contributed by atoms with Gasteiger partial charge in [0.1, 0.15) is 11.5 Å². The molecule has 0 aliphatic heterocycles. The smallest absolute Gasteiger partial charge is 0.119 e. The average molecular weight is 326 g/mol. The van der Waals surface area contributed by atoms with E-state index in [1.165, 1.54) is 16.7 Å². The first-order valence-electron chi connectivity index (χ1n) is 8.65. The second-order valence-corrected chi connectivity index (χ2v) is 8.37. The van der Waals surface area contributed by atoms with E-state index in [0.29, 0.717) is 12.4 Å². The van der Waals surface area contributed by atoms with Crippen molar-refractivity contribution in [1.29, 1.82) is 0 Å². The van der Waals surface area contributed by atoms with Crippen LogP contribution in [0.1, 0.15) is 59.6 Å². The number of hydrogen-bond acceptors (Lipinski definition) is 2. The molecular weight excluding hydrogens is 296 g/mol. The first-order valence-corrected chi connectivity index (χ1v) is 8.65. The van der Waals surface area contributed by atoms with Crippen LogP contribution in [0.2, 0.25) is 0 Å². The highest BCUT2D eigenvalue weighted by molar-refractivity contribution is 5.75. The quantitative estimate of drug-likeness (QED) is 0.743. The monoisotopic (exact) mass is 326 g/mol. The Morgan fingerprint density at radius 1 is 0.833 bits per heavy atom. The molecule has 2 nitrogen and oxygen atoms in total. The SMILES string of the molecule is CCOc1cc(C(C)(C)C)c(-c2ccc(O)cc2)c(C(C)(C)C)c1. The van der Waals surface area contributed by atoms with E-state index in [-0.39, 0.29) is 10.8 Å². The van der Waals surface area contributed by atoms with Gasteiger partial charge in [0, 0.05) is 0 Å². The Bertz CT molecular complexity index is 663. The fraction of sp³-hybridized carbons (Fsp3) is 0.455. The highest BCUT2D eigenvalue weighted by atomic mass is 16.5. The summed E-state index contributed by atoms with van der Waals surface area (Å²) in [7, 11) is 0. The van der Waals surface area contributed by atoms with Gasteiger partial charge in [0.05, 0.1) is 6.61 Å². The summed E-state index contributed by atoms with van der Waals surface area (Å²) in [4.78, 5) is 0. The van der Waals surface area contributed by atoms with Gasteiger partial charge in [-0.25, -0.2) is 0 Å². The van der Waals surface area contributed by atoms with Crippen molar-refractivity contribution in [2.75, 3.05) is 6.61 Å². The van der Waals surface area contributed by atoms with Crippen LogP contribution in [0.5, 0.6) is 11.5 Å². The molecule has 130 valence electrons. The van der Waals surface area contributed by atoms with Crippen LogP contribution in [0.15, 0.2) is 36.4 Å². The second-order valence-electron chi connectivity index (χ2n) is 8.37. The minimum Gasteiger partial charge on any atom is -0.508 e. The number of ether oxygens (including phenoxy) is 1. The van der Waals surface area contributed by atoms with Gasteiger partial charge in [-0.15, -0.1) is 0 Å². The molecular formula is C22H30O2. The molecule has 0 fully saturated rings. The minimum absolute atomic E-state index is 0.0136. The second kappa shape index (κ2) is 6.51. The Morgan fingerprint density at radius 3 is 1.67 bits per heavy atom. The van der Waals surface area contributed by atoms with Crippen molar-refractivity contribution >= 4 is 0 Å². The van der Waals surface area contributed by atoms with Gasteiger partial charge in [0.25, 0.3) is 0 Å². The lowest BCUT2D eigenvalue weighted by atomic mass is 9.74. The largest absolute Gasteiger partial charge is 0.508 e. The predicted octanol–water partition coefficient (Wildman–Crippen LogP) is 6.05. The van der Waals surface area contributed by atoms with Crippen LogP contribution < -0.4 is 4.74 Å². The molecule has 0 atom stereocenters. The Balaban J connectivity index is 2.84. The van der Waals surface area contributed by atoms with Gasteiger partial charge in [-0.2, -0.15) is 0 Å². The number of rotatable bonds is 3. The molecule has 0 aromatic heterocycles. The Kier molecular flexibility index (Phi) is 4.98. The van der Waals surface area contributed by atoms with Crippen LogP contribution in [0.3, 0.4) is 0 Å². The lowest BCUT2D eigenvalue weighted by Gasteiger charge is -2.31. The van der Waals surface area contributed by atoms with Crippen molar-refractivity contribution in [2.24, 2.45) is 0 Å². The third-order valence-corrected chi connectivity index (χ3v) is 4.19. The molecule has 2 aromatic rings. The number of hydrogen-bond donors (Lipinski definition) is 1. The van der Waals surface area contributed by atoms with Crippen molar-refractivity contribution in [3.63, 3.8) is 0 Å². The zero-order chi connectivity index (χ0) is 18.1. The lowest BCUT2D eigenvalue weighted by molar-refractivity contribution is 0.338. The Hall–Kier alpha value is -1.96. The molecule has 2 heteroatoms. The molecule has 0 saturated carbocycles. The van der Waals surface area contributed by atoms with E-state index in [4.69, 9.17) is 4.74 Å². The van der Waals surface area contributed by atoms with Gasteiger partial charge in [-0.05, 0) is 64.3 Å². The van der Waals surface area contributed by atoms with Crippen LogP contribution in [0, 0.1) is 0 Å². The van der Waals surface area contributed by atoms with Gasteiger partial charge < -0.3 is 9.84 Å². The summed E-state index contributed by atoms with van der Waals surface area (Å²) in [5.41, 5.74) is 4.89. The van der Waals surface area contributed by atoms with Crippen LogP contribution >= 0.6 is 0 Å². The molecule has 1 N–H and O–H groups in total. The van der Waals surface area contributed by atoms with E-state index in [1.807, 2.05) is 19.1 Å². The summed E-state index contributed by atoms with van der Waals surface area (Å²) in [6, 6.07) is 11.8. The highest BCUT2D eigenvalue weighted by Gasteiger charge is 2.27. The summed E-state index contributed by atoms with van der Waals surface area (Å²) >= 11 is 0. The molecule has 0 spiro atoms. The summed E-state index contributed by atoms with van der Waals surface area (Å²) < 4.78 is 5.85. The third kappa shape index (κ3) is 3.92. The van der Waals surface area contributed by atoms with E-state index in [1.54, 1.807) is 12.1 Å². The van der Waals surface area contributed by atoms with Gasteiger partial charge in [-0.3, -0.25) is 0 Å². The maximum Gasteiger partial charge on any atom is 0.119 e. The number of benzene rings is 2. The maximum absolute atomic E-state index is 9.66. The normalized spacial score (nSPS) is 12.3. The molecule has 0 unspecified atom stereocenters. The predicted molar refractivity (Wildman–Crippen MR) is 102 cm³/mol. The van der Waals surface area contributed by atoms with Crippen molar-refractivity contribution in [3.8, 4) is 22.6 Å². The van der Waals surface area contributed by atoms with Crippen LogP contribution in [0.4, 0.5) is 0 Å². The maximum atomic E-state index is 9.66. The first kappa shape index (κ1) is 18.4. The van der Waals surface area contributed by atoms with Crippen LogP contribution in [-0.4, -0.2) is 11.7 Å². The van der Waals surface area contributed by atoms with Crippen molar-refractivity contribution in [1.82, 2.24) is 0 Å². The Morgan fingerprint density at radius 2 is 1.29 bits per heavy atom. The average Bonchev–Trinajstić information content (AvgIpc) is 2.46. The summed E-state index contributed by atoms with van der Waals surface area (Å²) in [6.07, 6.45) is 0. The number of phenolic OH excluding ortho intramolecular Hbond substituents is 1. The lowest BCUT2D eigenvalue weighted by Crippen LogP contribution is -2.19. The van der Waals surface area contributed by atoms with Gasteiger partial charge in [0.15, 0.2) is 0 Å². The fourth-order valence-corrected chi connectivity index (χ4v) is 2.99. The van der Waals surface area contributed by atoms with E-state index >= 15 is 0 Å². The molecule has 0 heterocycles. The molecule has 0 aliphatic rings. The molecule has 24 heavy (non-hydrogen) atoms. The van der Waals surface area contributed by atoms with Gasteiger partial charge >= 0.3 is 0 Å². The molecule has 0 bridgehead atoms. The standard InChI is InChI=1S/C22H30O2/c1-8-24-17-13-18(21(2,3)4)20(19(14-17)22(5,6)7)15-9-11-16(23)12-10-15/h9-14,23H,8H2,1-7H3. The van der Waals surface area contributed by atoms with Gasteiger partial charge in [0.2, 0.25) is 0 Å². The fourth-order valence-electron chi connectivity index (χ4n) is 2.99. The highest BCUT2D eigenvalue weighted by Crippen LogP contribution is 2.43. The van der Waals surface area contributed by atoms with E-state index in [0.717, 1.165) is 11.3 Å². The summed E-state index contributed by atoms with van der Waals surface area (Å²) in [5, 5.41) is 9.66. The Labute approximate surface area is 146 Å². The van der Waals surface area contributed by atoms with Crippen molar-refractivity contribution in [3.05, 3.63) is 47.5 Å². The molecule has 2 rings (SSSR count). The number of aromatic hydroxyl groups is 1. The van der Waals surface area contributed by atoms with E-state index in [2.05, 4.69) is 53.7 Å². The molecule has 0 radical (unpaired) electrons. The number of phenols is 1. The van der Waals surface area contributed by atoms with Crippen molar-refractivity contribution < 1.29 is 9.84 Å². The molecule has 0 saturated heterocycles.